The molecule has 1 unspecified atom stereocenters. The number of fused-ring (bicyclic) bond motifs is 1. The van der Waals surface area contributed by atoms with Crippen LogP contribution >= 0.6 is 11.3 Å². The lowest BCUT2D eigenvalue weighted by Crippen LogP contribution is -2.19. The Labute approximate surface area is 111 Å². The van der Waals surface area contributed by atoms with Gasteiger partial charge in [0, 0.05) is 16.0 Å². The van der Waals surface area contributed by atoms with Crippen molar-refractivity contribution in [2.45, 2.75) is 26.3 Å². The fourth-order valence-electron chi connectivity index (χ4n) is 1.92. The first-order valence-corrected chi connectivity index (χ1v) is 6.88. The molecule has 0 spiro atoms. The Hall–Kier alpha value is -1.37. The first kappa shape index (κ1) is 13.1. The summed E-state index contributed by atoms with van der Waals surface area (Å²) < 4.78 is 14.2. The van der Waals surface area contributed by atoms with Crippen LogP contribution in [-0.2, 0) is 0 Å². The molecule has 1 nitrogen and oxygen atoms in total. The second-order valence-electron chi connectivity index (χ2n) is 4.07. The van der Waals surface area contributed by atoms with Gasteiger partial charge in [-0.05, 0) is 37.1 Å². The fraction of sp³-hybridized carbons (Fsp3) is 0.333. The van der Waals surface area contributed by atoms with E-state index in [1.54, 1.807) is 17.4 Å². The summed E-state index contributed by atoms with van der Waals surface area (Å²) in [5.74, 6) is 5.85. The summed E-state index contributed by atoms with van der Waals surface area (Å²) in [6.45, 7) is 4.83. The highest BCUT2D eigenvalue weighted by molar-refractivity contribution is 7.19. The van der Waals surface area contributed by atoms with Crippen LogP contribution in [0.2, 0.25) is 0 Å². The molecule has 3 heteroatoms. The van der Waals surface area contributed by atoms with Crippen LogP contribution in [0.5, 0.6) is 0 Å². The van der Waals surface area contributed by atoms with Gasteiger partial charge in [-0.15, -0.1) is 23.2 Å². The predicted molar refractivity (Wildman–Crippen MR) is 76.3 cm³/mol. The number of hydrogen-bond donors (Lipinski definition) is 1. The smallest absolute Gasteiger partial charge is 0.124 e. The van der Waals surface area contributed by atoms with Crippen LogP contribution in [0.1, 0.15) is 31.2 Å². The van der Waals surface area contributed by atoms with Gasteiger partial charge in [0.05, 0.1) is 6.04 Å². The van der Waals surface area contributed by atoms with Gasteiger partial charge in [0.15, 0.2) is 0 Å². The van der Waals surface area contributed by atoms with E-state index in [9.17, 15) is 4.39 Å². The average Bonchev–Trinajstić information content (AvgIpc) is 2.77. The summed E-state index contributed by atoms with van der Waals surface area (Å²) in [5, 5.41) is 4.52. The van der Waals surface area contributed by atoms with Gasteiger partial charge in [0.25, 0.3) is 0 Å². The first-order chi connectivity index (χ1) is 8.74. The molecule has 1 heterocycles. The summed E-state index contributed by atoms with van der Waals surface area (Å²) in [4.78, 5) is 1.22. The van der Waals surface area contributed by atoms with E-state index in [4.69, 9.17) is 0 Å². The Morgan fingerprint density at radius 3 is 2.94 bits per heavy atom. The largest absolute Gasteiger partial charge is 0.309 e. The summed E-state index contributed by atoms with van der Waals surface area (Å²) in [6, 6.07) is 7.30. The normalized spacial score (nSPS) is 12.2. The molecule has 0 aliphatic carbocycles. The van der Waals surface area contributed by atoms with Gasteiger partial charge in [-0.3, -0.25) is 0 Å². The maximum atomic E-state index is 13.2. The topological polar surface area (TPSA) is 12.0 Å². The quantitative estimate of drug-likeness (QED) is 0.817. The third kappa shape index (κ3) is 2.90. The van der Waals surface area contributed by atoms with E-state index in [1.165, 1.54) is 10.9 Å². The van der Waals surface area contributed by atoms with Crippen molar-refractivity contribution in [1.29, 1.82) is 0 Å². The molecule has 2 rings (SSSR count). The van der Waals surface area contributed by atoms with Crippen LogP contribution in [0.4, 0.5) is 4.39 Å². The lowest BCUT2D eigenvalue weighted by Gasteiger charge is -2.12. The number of nitrogens with one attached hydrogen (secondary N) is 1. The van der Waals surface area contributed by atoms with Crippen molar-refractivity contribution in [1.82, 2.24) is 5.32 Å². The molecule has 1 aromatic heterocycles. The molecule has 0 fully saturated rings. The standard InChI is InChI=1S/C15H16FNS/c1-3-5-6-13(17-4-2)15-9-11-7-8-12(16)10-14(11)18-15/h7-10,13,17H,4,6H2,1-2H3. The van der Waals surface area contributed by atoms with Crippen molar-refractivity contribution in [2.24, 2.45) is 0 Å². The van der Waals surface area contributed by atoms with Crippen LogP contribution in [0, 0.1) is 17.7 Å². The molecule has 0 radical (unpaired) electrons. The van der Waals surface area contributed by atoms with Gasteiger partial charge in [-0.25, -0.2) is 4.39 Å². The molecule has 18 heavy (non-hydrogen) atoms. The Morgan fingerprint density at radius 1 is 1.39 bits per heavy atom. The number of rotatable bonds is 4. The molecule has 0 saturated carbocycles. The Balaban J connectivity index is 2.33. The monoisotopic (exact) mass is 261 g/mol. The fourth-order valence-corrected chi connectivity index (χ4v) is 3.09. The van der Waals surface area contributed by atoms with Crippen molar-refractivity contribution in [2.75, 3.05) is 6.54 Å². The van der Waals surface area contributed by atoms with E-state index in [-0.39, 0.29) is 11.9 Å². The minimum absolute atomic E-state index is 0.177. The number of thiophene rings is 1. The van der Waals surface area contributed by atoms with Crippen molar-refractivity contribution >= 4 is 21.4 Å². The lowest BCUT2D eigenvalue weighted by atomic mass is 10.1. The Bertz CT molecular complexity index is 591. The Morgan fingerprint density at radius 2 is 2.22 bits per heavy atom. The molecule has 0 amide bonds. The van der Waals surface area contributed by atoms with Gasteiger partial charge in [-0.2, -0.15) is 0 Å². The van der Waals surface area contributed by atoms with Crippen molar-refractivity contribution in [3.63, 3.8) is 0 Å². The third-order valence-corrected chi connectivity index (χ3v) is 3.99. The molecular formula is C15H16FNS. The zero-order valence-corrected chi connectivity index (χ0v) is 11.4. The third-order valence-electron chi connectivity index (χ3n) is 2.78. The molecule has 0 bridgehead atoms. The summed E-state index contributed by atoms with van der Waals surface area (Å²) in [6.07, 6.45) is 0.791. The van der Waals surface area contributed by atoms with Crippen molar-refractivity contribution < 1.29 is 4.39 Å². The highest BCUT2D eigenvalue weighted by atomic mass is 32.1. The number of benzene rings is 1. The van der Waals surface area contributed by atoms with E-state index in [0.717, 1.165) is 23.1 Å². The zero-order valence-electron chi connectivity index (χ0n) is 10.6. The number of halogens is 1. The van der Waals surface area contributed by atoms with E-state index in [0.29, 0.717) is 0 Å². The SMILES string of the molecule is CC#CCC(NCC)c1cc2ccc(F)cc2s1. The van der Waals surface area contributed by atoms with Gasteiger partial charge in [0.2, 0.25) is 0 Å². The average molecular weight is 261 g/mol. The lowest BCUT2D eigenvalue weighted by molar-refractivity contribution is 0.574. The van der Waals surface area contributed by atoms with E-state index >= 15 is 0 Å². The molecule has 94 valence electrons. The second-order valence-corrected chi connectivity index (χ2v) is 5.19. The van der Waals surface area contributed by atoms with Crippen molar-refractivity contribution in [3.05, 3.63) is 35.0 Å². The van der Waals surface area contributed by atoms with Crippen molar-refractivity contribution in [3.8, 4) is 11.8 Å². The summed E-state index contributed by atoms with van der Waals surface area (Å²) >= 11 is 1.64. The Kier molecular flexibility index (Phi) is 4.35. The predicted octanol–water partition coefficient (Wildman–Crippen LogP) is 4.10. The van der Waals surface area contributed by atoms with Gasteiger partial charge in [0.1, 0.15) is 5.82 Å². The van der Waals surface area contributed by atoms with Crippen LogP contribution in [0.3, 0.4) is 0 Å². The van der Waals surface area contributed by atoms with Crippen LogP contribution in [-0.4, -0.2) is 6.54 Å². The van der Waals surface area contributed by atoms with Gasteiger partial charge in [-0.1, -0.05) is 13.0 Å². The molecule has 1 atom stereocenters. The molecule has 0 aliphatic heterocycles. The number of hydrogen-bond acceptors (Lipinski definition) is 2. The minimum atomic E-state index is -0.177. The molecular weight excluding hydrogens is 245 g/mol. The maximum absolute atomic E-state index is 13.2. The van der Waals surface area contributed by atoms with E-state index < -0.39 is 0 Å². The molecule has 1 N–H and O–H groups in total. The maximum Gasteiger partial charge on any atom is 0.124 e. The first-order valence-electron chi connectivity index (χ1n) is 6.06. The molecule has 0 aliphatic rings. The molecule has 2 aromatic rings. The molecule has 1 aromatic carbocycles. The van der Waals surface area contributed by atoms with Crippen LogP contribution in [0.25, 0.3) is 10.1 Å². The summed E-state index contributed by atoms with van der Waals surface area (Å²) in [7, 11) is 0. The minimum Gasteiger partial charge on any atom is -0.309 e. The van der Waals surface area contributed by atoms with E-state index in [2.05, 4.69) is 30.1 Å². The van der Waals surface area contributed by atoms with Crippen LogP contribution in [0.15, 0.2) is 24.3 Å². The second kappa shape index (κ2) is 5.99. The van der Waals surface area contributed by atoms with Gasteiger partial charge < -0.3 is 5.32 Å². The van der Waals surface area contributed by atoms with Crippen LogP contribution < -0.4 is 5.32 Å². The molecule has 0 saturated heterocycles. The highest BCUT2D eigenvalue weighted by Crippen LogP contribution is 2.31. The van der Waals surface area contributed by atoms with E-state index in [1.807, 2.05) is 13.0 Å². The summed E-state index contributed by atoms with van der Waals surface area (Å²) in [5.41, 5.74) is 0. The van der Waals surface area contributed by atoms with Gasteiger partial charge >= 0.3 is 0 Å². The highest BCUT2D eigenvalue weighted by Gasteiger charge is 2.12. The zero-order chi connectivity index (χ0) is 13.0.